The van der Waals surface area contributed by atoms with Crippen LogP contribution < -0.4 is 10.3 Å². The molecule has 1 atom stereocenters. The van der Waals surface area contributed by atoms with Crippen molar-refractivity contribution >= 4 is 10.9 Å². The van der Waals surface area contributed by atoms with Crippen molar-refractivity contribution in [2.24, 2.45) is 5.92 Å². The Morgan fingerprint density at radius 3 is 2.55 bits per heavy atom. The van der Waals surface area contributed by atoms with Crippen molar-refractivity contribution in [3.05, 3.63) is 81.9 Å². The molecule has 198 valence electrons. The summed E-state index contributed by atoms with van der Waals surface area (Å²) in [6.07, 6.45) is 9.07. The largest absolute Gasteiger partial charge is 0.497 e. The maximum atomic E-state index is 13.6. The van der Waals surface area contributed by atoms with Gasteiger partial charge in [0.05, 0.1) is 18.7 Å². The number of benzene rings is 2. The van der Waals surface area contributed by atoms with Gasteiger partial charge in [0.2, 0.25) is 0 Å². The van der Waals surface area contributed by atoms with Crippen LogP contribution in [0.25, 0.3) is 10.9 Å². The third-order valence-electron chi connectivity index (χ3n) is 8.44. The van der Waals surface area contributed by atoms with E-state index in [9.17, 15) is 4.79 Å². The number of ether oxygens (including phenoxy) is 1. The molecular weight excluding hydrogens is 476 g/mol. The summed E-state index contributed by atoms with van der Waals surface area (Å²) in [5, 5.41) is 14.1. The van der Waals surface area contributed by atoms with E-state index >= 15 is 0 Å². The second-order valence-electron chi connectivity index (χ2n) is 10.9. The van der Waals surface area contributed by atoms with E-state index in [1.165, 1.54) is 24.8 Å². The maximum Gasteiger partial charge on any atom is 0.253 e. The smallest absolute Gasteiger partial charge is 0.253 e. The second-order valence-corrected chi connectivity index (χ2v) is 10.9. The van der Waals surface area contributed by atoms with E-state index in [2.05, 4.69) is 55.7 Å². The minimum atomic E-state index is -0.292. The lowest BCUT2D eigenvalue weighted by molar-refractivity contribution is 0.140. The summed E-state index contributed by atoms with van der Waals surface area (Å²) in [7, 11) is 1.64. The van der Waals surface area contributed by atoms with Crippen molar-refractivity contribution in [2.45, 2.75) is 63.5 Å². The van der Waals surface area contributed by atoms with E-state index in [0.717, 1.165) is 67.7 Å². The van der Waals surface area contributed by atoms with E-state index in [1.807, 2.05) is 28.9 Å². The van der Waals surface area contributed by atoms with Crippen LogP contribution in [0.1, 0.15) is 74.0 Å². The zero-order valence-electron chi connectivity index (χ0n) is 22.1. The van der Waals surface area contributed by atoms with E-state index in [4.69, 9.17) is 4.74 Å². The number of nitrogens with zero attached hydrogens (tertiary/aromatic N) is 5. The van der Waals surface area contributed by atoms with E-state index in [-0.39, 0.29) is 17.6 Å². The molecule has 4 aromatic rings. The molecule has 0 bridgehead atoms. The van der Waals surface area contributed by atoms with Gasteiger partial charge in [-0.2, -0.15) is 0 Å². The Morgan fingerprint density at radius 2 is 1.79 bits per heavy atom. The monoisotopic (exact) mass is 512 g/mol. The summed E-state index contributed by atoms with van der Waals surface area (Å²) in [6, 6.07) is 18.6. The van der Waals surface area contributed by atoms with Crippen LogP contribution in [-0.4, -0.2) is 50.3 Å². The first-order valence-corrected chi connectivity index (χ1v) is 14.0. The molecule has 38 heavy (non-hydrogen) atoms. The number of aromatic amines is 1. The van der Waals surface area contributed by atoms with Crippen LogP contribution in [-0.2, 0) is 6.42 Å². The normalized spacial score (nSPS) is 18.6. The number of tetrazole rings is 1. The molecule has 2 aromatic heterocycles. The lowest BCUT2D eigenvalue weighted by atomic mass is 9.88. The second kappa shape index (κ2) is 11.1. The molecular formula is C30H36N6O2. The molecule has 2 aliphatic rings. The van der Waals surface area contributed by atoms with Crippen LogP contribution in [0.3, 0.4) is 0 Å². The Hall–Kier alpha value is -3.52. The molecule has 1 N–H and O–H groups in total. The number of rotatable bonds is 7. The Bertz CT molecular complexity index is 1420. The highest BCUT2D eigenvalue weighted by Crippen LogP contribution is 2.35. The van der Waals surface area contributed by atoms with Crippen molar-refractivity contribution in [3.8, 4) is 5.75 Å². The molecule has 6 rings (SSSR count). The van der Waals surface area contributed by atoms with Gasteiger partial charge in [-0.3, -0.25) is 9.69 Å². The topological polar surface area (TPSA) is 88.9 Å². The van der Waals surface area contributed by atoms with Gasteiger partial charge < -0.3 is 9.72 Å². The van der Waals surface area contributed by atoms with E-state index in [1.54, 1.807) is 7.11 Å². The first kappa shape index (κ1) is 24.8. The summed E-state index contributed by atoms with van der Waals surface area (Å²) < 4.78 is 7.39. The van der Waals surface area contributed by atoms with Crippen LogP contribution in [0.15, 0.2) is 59.4 Å². The Labute approximate surface area is 223 Å². The Balaban J connectivity index is 1.34. The summed E-state index contributed by atoms with van der Waals surface area (Å²) in [4.78, 5) is 19.1. The van der Waals surface area contributed by atoms with Gasteiger partial charge in [0.1, 0.15) is 11.8 Å². The summed E-state index contributed by atoms with van der Waals surface area (Å²) in [5.41, 5.74) is 2.77. The highest BCUT2D eigenvalue weighted by atomic mass is 16.5. The molecule has 0 unspecified atom stereocenters. The third kappa shape index (κ3) is 5.10. The lowest BCUT2D eigenvalue weighted by Crippen LogP contribution is -2.41. The van der Waals surface area contributed by atoms with Gasteiger partial charge >= 0.3 is 0 Å². The van der Waals surface area contributed by atoms with Crippen molar-refractivity contribution in [2.75, 3.05) is 20.2 Å². The van der Waals surface area contributed by atoms with Gasteiger partial charge in [-0.15, -0.1) is 5.10 Å². The van der Waals surface area contributed by atoms with Gasteiger partial charge in [-0.25, -0.2) is 4.68 Å². The average molecular weight is 513 g/mol. The fourth-order valence-electron chi connectivity index (χ4n) is 6.36. The molecule has 2 fully saturated rings. The maximum absolute atomic E-state index is 13.6. The summed E-state index contributed by atoms with van der Waals surface area (Å²) in [6.45, 7) is 1.81. The van der Waals surface area contributed by atoms with Gasteiger partial charge in [0.25, 0.3) is 5.56 Å². The standard InChI is InChI=1S/C30H36N6O2/c1-38-25-13-12-23-19-26(30(37)31-27(23)20-25)28(29-32-33-34-36(29)24-10-6-3-7-11-24)35-16-14-22(15-17-35)18-21-8-4-2-5-9-21/h2,4-5,8-9,12-13,19-20,22,24,28H,3,6-7,10-11,14-18H2,1H3,(H,31,37)/t28-/m1/s1. The lowest BCUT2D eigenvalue weighted by Gasteiger charge is -2.37. The molecule has 1 aliphatic heterocycles. The molecule has 8 heteroatoms. The Morgan fingerprint density at radius 1 is 1.00 bits per heavy atom. The average Bonchev–Trinajstić information content (AvgIpc) is 3.44. The highest BCUT2D eigenvalue weighted by Gasteiger charge is 2.34. The number of piperidine rings is 1. The van der Waals surface area contributed by atoms with Crippen LogP contribution in [0, 0.1) is 5.92 Å². The van der Waals surface area contributed by atoms with Gasteiger partial charge in [0, 0.05) is 11.6 Å². The van der Waals surface area contributed by atoms with Crippen molar-refractivity contribution in [1.82, 2.24) is 30.1 Å². The van der Waals surface area contributed by atoms with Crippen LogP contribution in [0.4, 0.5) is 0 Å². The minimum absolute atomic E-state index is 0.0969. The van der Waals surface area contributed by atoms with Gasteiger partial charge in [0.15, 0.2) is 5.82 Å². The highest BCUT2D eigenvalue weighted by molar-refractivity contribution is 5.80. The number of methoxy groups -OCH3 is 1. The number of pyridine rings is 1. The van der Waals surface area contributed by atoms with Crippen molar-refractivity contribution in [3.63, 3.8) is 0 Å². The SMILES string of the molecule is COc1ccc2cc([C@H](c3nnnn3C3CCCCC3)N3CCC(Cc4ccccc4)CC3)c(=O)[nH]c2c1. The van der Waals surface area contributed by atoms with E-state index in [0.29, 0.717) is 11.5 Å². The zero-order chi connectivity index (χ0) is 25.9. The number of aromatic nitrogens is 5. The fraction of sp³-hybridized carbons (Fsp3) is 0.467. The van der Waals surface area contributed by atoms with Crippen molar-refractivity contribution < 1.29 is 4.74 Å². The molecule has 2 aromatic carbocycles. The predicted molar refractivity (Wildman–Crippen MR) is 147 cm³/mol. The molecule has 1 saturated carbocycles. The Kier molecular flexibility index (Phi) is 7.22. The molecule has 3 heterocycles. The van der Waals surface area contributed by atoms with Gasteiger partial charge in [-0.1, -0.05) is 49.6 Å². The molecule has 0 amide bonds. The first-order chi connectivity index (χ1) is 18.7. The first-order valence-electron chi connectivity index (χ1n) is 14.0. The number of hydrogen-bond donors (Lipinski definition) is 1. The van der Waals surface area contributed by atoms with E-state index < -0.39 is 0 Å². The molecule has 1 saturated heterocycles. The number of hydrogen-bond acceptors (Lipinski definition) is 6. The minimum Gasteiger partial charge on any atom is -0.497 e. The summed E-state index contributed by atoms with van der Waals surface area (Å²) in [5.74, 6) is 2.14. The van der Waals surface area contributed by atoms with Gasteiger partial charge in [-0.05, 0) is 90.7 Å². The van der Waals surface area contributed by atoms with Crippen LogP contribution >= 0.6 is 0 Å². The third-order valence-corrected chi connectivity index (χ3v) is 8.44. The number of H-pyrrole nitrogens is 1. The number of fused-ring (bicyclic) bond motifs is 1. The molecule has 1 aliphatic carbocycles. The molecule has 0 radical (unpaired) electrons. The summed E-state index contributed by atoms with van der Waals surface area (Å²) >= 11 is 0. The number of nitrogens with one attached hydrogen (secondary N) is 1. The zero-order valence-corrected chi connectivity index (χ0v) is 22.1. The fourth-order valence-corrected chi connectivity index (χ4v) is 6.36. The predicted octanol–water partition coefficient (Wildman–Crippen LogP) is 5.07. The van der Waals surface area contributed by atoms with Crippen molar-refractivity contribution in [1.29, 1.82) is 0 Å². The molecule has 0 spiro atoms. The molecule has 8 nitrogen and oxygen atoms in total. The quantitative estimate of drug-likeness (QED) is 0.372. The van der Waals surface area contributed by atoms with Crippen LogP contribution in [0.5, 0.6) is 5.75 Å². The van der Waals surface area contributed by atoms with Crippen LogP contribution in [0.2, 0.25) is 0 Å². The number of likely N-dealkylation sites (tertiary alicyclic amines) is 1.